The van der Waals surface area contributed by atoms with Crippen LogP contribution in [0.1, 0.15) is 51.2 Å². The molecule has 0 N–H and O–H groups in total. The number of nitrogens with zero attached hydrogens (tertiary/aromatic N) is 2. The average molecular weight is 386 g/mol. The number of Topliss-reactive ketones (excluding diaryl/α,β-unsaturated/α-hetero) is 2. The number of carbonyl (C=O) groups is 2. The molecule has 0 aliphatic heterocycles. The van der Waals surface area contributed by atoms with Crippen molar-refractivity contribution in [3.05, 3.63) is 69.9 Å². The van der Waals surface area contributed by atoms with E-state index in [2.05, 4.69) is 18.4 Å². The van der Waals surface area contributed by atoms with Crippen molar-refractivity contribution in [3.8, 4) is 0 Å². The molecule has 2 aromatic carbocycles. The summed E-state index contributed by atoms with van der Waals surface area (Å²) in [6.45, 7) is 4.23. The first-order chi connectivity index (χ1) is 13.4. The van der Waals surface area contributed by atoms with Crippen LogP contribution in [0.2, 0.25) is 0 Å². The molecule has 0 saturated heterocycles. The van der Waals surface area contributed by atoms with Gasteiger partial charge in [-0.25, -0.2) is 4.98 Å². The molecular weight excluding hydrogens is 368 g/mol. The fourth-order valence-electron chi connectivity index (χ4n) is 3.88. The van der Waals surface area contributed by atoms with E-state index in [1.54, 1.807) is 6.08 Å². The van der Waals surface area contributed by atoms with Crippen LogP contribution in [0.5, 0.6) is 0 Å². The quantitative estimate of drug-likeness (QED) is 0.344. The summed E-state index contributed by atoms with van der Waals surface area (Å²) in [6.07, 6.45) is 1.72. The third kappa shape index (κ3) is 2.39. The highest BCUT2D eigenvalue weighted by molar-refractivity contribution is 7.19. The molecule has 2 aromatic heterocycles. The molecule has 5 rings (SSSR count). The number of ketones is 2. The van der Waals surface area contributed by atoms with Crippen LogP contribution >= 0.6 is 11.3 Å². The molecule has 0 bridgehead atoms. The van der Waals surface area contributed by atoms with Crippen LogP contribution in [0.3, 0.4) is 0 Å². The Morgan fingerprint density at radius 1 is 1.00 bits per heavy atom. The number of allylic oxidation sites excluding steroid dienone is 1. The van der Waals surface area contributed by atoms with Gasteiger partial charge in [-0.1, -0.05) is 38.1 Å². The highest BCUT2D eigenvalue weighted by Gasteiger charge is 2.33. The SMILES string of the molecule is CC(C)c1nc2sc(C=C3C(=O)c4cc5ccccc5cc4C3=O)cc2n1C. The standard InChI is InChI=1S/C23H18N2O2S/c1-12(2)22-24-23-19(25(22)3)11-15(28-23)10-18-20(26)16-8-13-6-4-5-7-14(13)9-17(16)21(18)27/h4-12H,1-3H3. The zero-order valence-electron chi connectivity index (χ0n) is 15.8. The molecule has 0 fully saturated rings. The van der Waals surface area contributed by atoms with Crippen molar-refractivity contribution in [3.63, 3.8) is 0 Å². The van der Waals surface area contributed by atoms with Crippen molar-refractivity contribution < 1.29 is 9.59 Å². The molecular formula is C23H18N2O2S. The van der Waals surface area contributed by atoms with E-state index in [0.29, 0.717) is 17.0 Å². The zero-order valence-corrected chi connectivity index (χ0v) is 16.6. The molecule has 0 spiro atoms. The number of benzene rings is 2. The number of carbonyl (C=O) groups excluding carboxylic acids is 2. The number of aryl methyl sites for hydroxylation is 1. The van der Waals surface area contributed by atoms with Gasteiger partial charge in [0, 0.05) is 29.0 Å². The smallest absolute Gasteiger partial charge is 0.197 e. The molecule has 138 valence electrons. The lowest BCUT2D eigenvalue weighted by Crippen LogP contribution is -2.00. The third-order valence-corrected chi connectivity index (χ3v) is 6.27. The van der Waals surface area contributed by atoms with Crippen LogP contribution in [0.25, 0.3) is 27.2 Å². The lowest BCUT2D eigenvalue weighted by molar-refractivity contribution is 0.0990. The van der Waals surface area contributed by atoms with E-state index in [9.17, 15) is 9.59 Å². The van der Waals surface area contributed by atoms with E-state index >= 15 is 0 Å². The minimum Gasteiger partial charge on any atom is -0.330 e. The van der Waals surface area contributed by atoms with Gasteiger partial charge >= 0.3 is 0 Å². The normalized spacial score (nSPS) is 13.9. The monoisotopic (exact) mass is 386 g/mol. The fourth-order valence-corrected chi connectivity index (χ4v) is 4.89. The van der Waals surface area contributed by atoms with Crippen molar-refractivity contribution in [2.45, 2.75) is 19.8 Å². The first-order valence-electron chi connectivity index (χ1n) is 9.24. The second-order valence-corrected chi connectivity index (χ2v) is 8.55. The maximum absolute atomic E-state index is 12.9. The number of rotatable bonds is 2. The minimum absolute atomic E-state index is 0.195. The lowest BCUT2D eigenvalue weighted by atomic mass is 10.0. The highest BCUT2D eigenvalue weighted by atomic mass is 32.1. The number of aromatic nitrogens is 2. The zero-order chi connectivity index (χ0) is 19.6. The molecule has 2 heterocycles. The Labute approximate surface area is 166 Å². The van der Waals surface area contributed by atoms with Crippen molar-refractivity contribution in [1.82, 2.24) is 9.55 Å². The first kappa shape index (κ1) is 17.1. The molecule has 4 aromatic rings. The summed E-state index contributed by atoms with van der Waals surface area (Å²) in [6, 6.07) is 13.4. The Hall–Kier alpha value is -3.05. The molecule has 1 aliphatic rings. The van der Waals surface area contributed by atoms with Crippen LogP contribution < -0.4 is 0 Å². The summed E-state index contributed by atoms with van der Waals surface area (Å²) in [5.41, 5.74) is 2.26. The van der Waals surface area contributed by atoms with Gasteiger partial charge in [0.2, 0.25) is 0 Å². The van der Waals surface area contributed by atoms with Crippen LogP contribution in [0.15, 0.2) is 48.0 Å². The summed E-state index contributed by atoms with van der Waals surface area (Å²) < 4.78 is 2.08. The van der Waals surface area contributed by atoms with Crippen molar-refractivity contribution >= 4 is 50.1 Å². The van der Waals surface area contributed by atoms with Crippen molar-refractivity contribution in [2.75, 3.05) is 0 Å². The summed E-state index contributed by atoms with van der Waals surface area (Å²) in [7, 11) is 2.00. The van der Waals surface area contributed by atoms with Crippen LogP contribution in [0.4, 0.5) is 0 Å². The predicted molar refractivity (Wildman–Crippen MR) is 113 cm³/mol. The third-order valence-electron chi connectivity index (χ3n) is 5.30. The van der Waals surface area contributed by atoms with E-state index in [-0.39, 0.29) is 17.1 Å². The number of thiophene rings is 1. The van der Waals surface area contributed by atoms with Crippen LogP contribution in [0, 0.1) is 0 Å². The van der Waals surface area contributed by atoms with Gasteiger partial charge in [-0.05, 0) is 35.0 Å². The molecule has 5 heteroatoms. The molecule has 0 amide bonds. The Morgan fingerprint density at radius 2 is 1.61 bits per heavy atom. The van der Waals surface area contributed by atoms with Gasteiger partial charge < -0.3 is 4.57 Å². The van der Waals surface area contributed by atoms with Gasteiger partial charge in [-0.15, -0.1) is 11.3 Å². The summed E-state index contributed by atoms with van der Waals surface area (Å²) >= 11 is 1.51. The van der Waals surface area contributed by atoms with E-state index in [1.807, 2.05) is 49.5 Å². The number of hydrogen-bond donors (Lipinski definition) is 0. The molecule has 4 nitrogen and oxygen atoms in total. The Bertz CT molecular complexity index is 1280. The molecule has 0 unspecified atom stereocenters. The van der Waals surface area contributed by atoms with Gasteiger partial charge in [-0.2, -0.15) is 0 Å². The largest absolute Gasteiger partial charge is 0.330 e. The van der Waals surface area contributed by atoms with Gasteiger partial charge in [-0.3, -0.25) is 9.59 Å². The molecule has 1 aliphatic carbocycles. The topological polar surface area (TPSA) is 52.0 Å². The minimum atomic E-state index is -0.195. The van der Waals surface area contributed by atoms with Crippen molar-refractivity contribution in [1.29, 1.82) is 0 Å². The molecule has 0 atom stereocenters. The second-order valence-electron chi connectivity index (χ2n) is 7.48. The highest BCUT2D eigenvalue weighted by Crippen LogP contribution is 2.34. The maximum atomic E-state index is 12.9. The Morgan fingerprint density at radius 3 is 2.14 bits per heavy atom. The Balaban J connectivity index is 1.60. The molecule has 28 heavy (non-hydrogen) atoms. The van der Waals surface area contributed by atoms with Gasteiger partial charge in [0.05, 0.1) is 11.1 Å². The summed E-state index contributed by atoms with van der Waals surface area (Å²) in [5.74, 6) is 0.985. The van der Waals surface area contributed by atoms with E-state index in [4.69, 9.17) is 4.98 Å². The van der Waals surface area contributed by atoms with E-state index < -0.39 is 0 Å². The van der Waals surface area contributed by atoms with Crippen LogP contribution in [-0.2, 0) is 7.05 Å². The van der Waals surface area contributed by atoms with Crippen molar-refractivity contribution in [2.24, 2.45) is 7.05 Å². The number of fused-ring (bicyclic) bond motifs is 3. The summed E-state index contributed by atoms with van der Waals surface area (Å²) in [4.78, 5) is 32.3. The van der Waals surface area contributed by atoms with Gasteiger partial charge in [0.15, 0.2) is 11.6 Å². The Kier molecular flexibility index (Phi) is 3.64. The first-order valence-corrected chi connectivity index (χ1v) is 10.1. The van der Waals surface area contributed by atoms with Gasteiger partial charge in [0.1, 0.15) is 10.7 Å². The summed E-state index contributed by atoms with van der Waals surface area (Å²) in [5, 5.41) is 1.94. The number of imidazole rings is 1. The predicted octanol–water partition coefficient (Wildman–Crippen LogP) is 5.37. The van der Waals surface area contributed by atoms with Crippen LogP contribution in [-0.4, -0.2) is 21.1 Å². The van der Waals surface area contributed by atoms with E-state index in [1.165, 1.54) is 11.3 Å². The average Bonchev–Trinajstić information content (AvgIpc) is 3.29. The maximum Gasteiger partial charge on any atom is 0.197 e. The fraction of sp³-hybridized carbons (Fsp3) is 0.174. The lowest BCUT2D eigenvalue weighted by Gasteiger charge is -2.04. The number of hydrogen-bond acceptors (Lipinski definition) is 4. The van der Waals surface area contributed by atoms with Gasteiger partial charge in [0.25, 0.3) is 0 Å². The van der Waals surface area contributed by atoms with E-state index in [0.717, 1.165) is 31.8 Å². The second kappa shape index (κ2) is 5.97. The molecule has 0 saturated carbocycles. The molecule has 0 radical (unpaired) electrons.